The van der Waals surface area contributed by atoms with E-state index in [1.807, 2.05) is 19.2 Å². The van der Waals surface area contributed by atoms with E-state index < -0.39 is 0 Å². The summed E-state index contributed by atoms with van der Waals surface area (Å²) in [6.45, 7) is 8.44. The Hall–Kier alpha value is -1.95. The van der Waals surface area contributed by atoms with Crippen LogP contribution in [-0.4, -0.2) is 41.3 Å². The van der Waals surface area contributed by atoms with Gasteiger partial charge in [-0.1, -0.05) is 12.1 Å². The Bertz CT molecular complexity index is 722. The summed E-state index contributed by atoms with van der Waals surface area (Å²) >= 11 is 0. The summed E-state index contributed by atoms with van der Waals surface area (Å²) in [6, 6.07) is 1.98. The average molecular weight is 341 g/mol. The summed E-state index contributed by atoms with van der Waals surface area (Å²) in [6.07, 6.45) is 6.67. The van der Waals surface area contributed by atoms with Crippen molar-refractivity contribution in [1.82, 2.24) is 20.4 Å². The molecule has 4 heterocycles. The normalized spacial score (nSPS) is 22.3. The maximum atomic E-state index is 5.53. The fourth-order valence-corrected chi connectivity index (χ4v) is 4.00. The predicted octanol–water partition coefficient (Wildman–Crippen LogP) is 3.14. The molecule has 0 aliphatic carbocycles. The molecule has 4 rings (SSSR count). The molecule has 0 spiro atoms. The lowest BCUT2D eigenvalue weighted by Gasteiger charge is -2.32. The second-order valence-electron chi connectivity index (χ2n) is 7.52. The zero-order chi connectivity index (χ0) is 17.2. The Morgan fingerprint density at radius 1 is 1.24 bits per heavy atom. The largest absolute Gasteiger partial charge is 0.356 e. The molecule has 134 valence electrons. The number of anilines is 1. The molecule has 2 fully saturated rings. The number of rotatable bonds is 3. The van der Waals surface area contributed by atoms with E-state index in [0.29, 0.717) is 11.8 Å². The lowest BCUT2D eigenvalue weighted by atomic mass is 9.91. The van der Waals surface area contributed by atoms with Crippen LogP contribution in [0, 0.1) is 12.8 Å². The number of hydrogen-bond donors (Lipinski definition) is 1. The van der Waals surface area contributed by atoms with Crippen molar-refractivity contribution in [3.63, 3.8) is 0 Å². The second-order valence-corrected chi connectivity index (χ2v) is 7.52. The number of nitrogens with one attached hydrogen (secondary N) is 1. The Labute approximate surface area is 149 Å². The highest BCUT2D eigenvalue weighted by atomic mass is 16.5. The summed E-state index contributed by atoms with van der Waals surface area (Å²) in [5.41, 5.74) is 3.02. The summed E-state index contributed by atoms with van der Waals surface area (Å²) in [4.78, 5) is 12.1. The molecular weight excluding hydrogens is 314 g/mol. The third kappa shape index (κ3) is 3.54. The van der Waals surface area contributed by atoms with Gasteiger partial charge in [0.15, 0.2) is 5.76 Å². The fraction of sp³-hybridized carbons (Fsp3) is 0.632. The third-order valence-corrected chi connectivity index (χ3v) is 5.36. The molecule has 0 aromatic carbocycles. The zero-order valence-corrected chi connectivity index (χ0v) is 15.2. The van der Waals surface area contributed by atoms with Gasteiger partial charge in [0.2, 0.25) is 5.95 Å². The van der Waals surface area contributed by atoms with Crippen molar-refractivity contribution in [2.75, 3.05) is 31.1 Å². The van der Waals surface area contributed by atoms with Crippen molar-refractivity contribution in [2.45, 2.75) is 45.4 Å². The highest BCUT2D eigenvalue weighted by Crippen LogP contribution is 2.34. The number of piperidine rings is 2. The van der Waals surface area contributed by atoms with Crippen molar-refractivity contribution in [3.05, 3.63) is 23.7 Å². The molecule has 0 saturated carbocycles. The predicted molar refractivity (Wildman–Crippen MR) is 97.7 cm³/mol. The minimum atomic E-state index is 0.450. The molecule has 2 aliphatic heterocycles. The summed E-state index contributed by atoms with van der Waals surface area (Å²) in [7, 11) is 0. The maximum absolute atomic E-state index is 5.53. The molecule has 0 bridgehead atoms. The van der Waals surface area contributed by atoms with Crippen molar-refractivity contribution in [1.29, 1.82) is 0 Å². The van der Waals surface area contributed by atoms with Crippen LogP contribution >= 0.6 is 0 Å². The van der Waals surface area contributed by atoms with E-state index in [4.69, 9.17) is 9.51 Å². The van der Waals surface area contributed by atoms with Crippen LogP contribution in [0.25, 0.3) is 11.3 Å². The van der Waals surface area contributed by atoms with E-state index in [9.17, 15) is 0 Å². The van der Waals surface area contributed by atoms with Crippen LogP contribution in [0.1, 0.15) is 49.9 Å². The minimum Gasteiger partial charge on any atom is -0.356 e. The van der Waals surface area contributed by atoms with Crippen molar-refractivity contribution in [3.8, 4) is 11.3 Å². The first-order valence-electron chi connectivity index (χ1n) is 9.47. The smallest absolute Gasteiger partial charge is 0.225 e. The van der Waals surface area contributed by atoms with Crippen molar-refractivity contribution >= 4 is 5.95 Å². The van der Waals surface area contributed by atoms with Crippen LogP contribution < -0.4 is 10.2 Å². The first-order valence-corrected chi connectivity index (χ1v) is 9.47. The lowest BCUT2D eigenvalue weighted by Crippen LogP contribution is -2.36. The van der Waals surface area contributed by atoms with Gasteiger partial charge < -0.3 is 14.7 Å². The van der Waals surface area contributed by atoms with Gasteiger partial charge in [0, 0.05) is 31.3 Å². The van der Waals surface area contributed by atoms with Gasteiger partial charge in [-0.05, 0) is 51.6 Å². The third-order valence-electron chi connectivity index (χ3n) is 5.36. The molecule has 0 radical (unpaired) electrons. The van der Waals surface area contributed by atoms with Gasteiger partial charge in [-0.2, -0.15) is 0 Å². The highest BCUT2D eigenvalue weighted by molar-refractivity contribution is 5.61. The van der Waals surface area contributed by atoms with E-state index in [0.717, 1.165) is 67.7 Å². The van der Waals surface area contributed by atoms with Gasteiger partial charge in [0.05, 0.1) is 17.0 Å². The Morgan fingerprint density at radius 3 is 2.80 bits per heavy atom. The van der Waals surface area contributed by atoms with Crippen molar-refractivity contribution < 1.29 is 4.52 Å². The van der Waals surface area contributed by atoms with E-state index >= 15 is 0 Å². The maximum Gasteiger partial charge on any atom is 0.225 e. The molecule has 2 aromatic heterocycles. The molecular formula is C19H27N5O. The molecule has 0 unspecified atom stereocenters. The molecule has 6 heteroatoms. The summed E-state index contributed by atoms with van der Waals surface area (Å²) in [5, 5.41) is 7.49. The monoisotopic (exact) mass is 341 g/mol. The number of hydrogen-bond acceptors (Lipinski definition) is 6. The lowest BCUT2D eigenvalue weighted by molar-refractivity contribution is 0.421. The average Bonchev–Trinajstić information content (AvgIpc) is 3.08. The first kappa shape index (κ1) is 16.5. The Kier molecular flexibility index (Phi) is 4.70. The minimum absolute atomic E-state index is 0.450. The molecule has 25 heavy (non-hydrogen) atoms. The van der Waals surface area contributed by atoms with Crippen LogP contribution in [0.2, 0.25) is 0 Å². The highest BCUT2D eigenvalue weighted by Gasteiger charge is 2.25. The van der Waals surface area contributed by atoms with Gasteiger partial charge in [-0.3, -0.25) is 0 Å². The number of nitrogens with zero attached hydrogens (tertiary/aromatic N) is 4. The molecule has 2 aromatic rings. The molecule has 2 aliphatic rings. The second kappa shape index (κ2) is 7.12. The molecule has 2 saturated heterocycles. The summed E-state index contributed by atoms with van der Waals surface area (Å²) in [5.74, 6) is 2.81. The quantitative estimate of drug-likeness (QED) is 0.925. The molecule has 1 atom stereocenters. The zero-order valence-electron chi connectivity index (χ0n) is 15.2. The standard InChI is InChI=1S/C19H27N5O/c1-13-4-3-9-24(12-13)19-21-11-16(17-10-14(2)23-25-17)18(22-19)15-5-7-20-8-6-15/h10-11,13,15,20H,3-9,12H2,1-2H3/t13-/m1/s1. The first-order chi connectivity index (χ1) is 12.2. The molecule has 1 N–H and O–H groups in total. The van der Waals surface area contributed by atoms with Gasteiger partial charge in [-0.15, -0.1) is 0 Å². The number of aryl methyl sites for hydroxylation is 1. The van der Waals surface area contributed by atoms with E-state index in [2.05, 4.69) is 27.3 Å². The summed E-state index contributed by atoms with van der Waals surface area (Å²) < 4.78 is 5.53. The van der Waals surface area contributed by atoms with Crippen LogP contribution in [-0.2, 0) is 0 Å². The van der Waals surface area contributed by atoms with Crippen molar-refractivity contribution in [2.24, 2.45) is 5.92 Å². The molecule has 6 nitrogen and oxygen atoms in total. The Morgan fingerprint density at radius 2 is 2.08 bits per heavy atom. The van der Waals surface area contributed by atoms with Gasteiger partial charge in [0.25, 0.3) is 0 Å². The topological polar surface area (TPSA) is 67.1 Å². The van der Waals surface area contributed by atoms with Gasteiger partial charge in [0.1, 0.15) is 0 Å². The number of aromatic nitrogens is 3. The van der Waals surface area contributed by atoms with E-state index in [-0.39, 0.29) is 0 Å². The van der Waals surface area contributed by atoms with Crippen LogP contribution in [0.15, 0.2) is 16.8 Å². The van der Waals surface area contributed by atoms with E-state index in [1.165, 1.54) is 12.8 Å². The fourth-order valence-electron chi connectivity index (χ4n) is 4.00. The van der Waals surface area contributed by atoms with E-state index in [1.54, 1.807) is 0 Å². The van der Waals surface area contributed by atoms with Gasteiger partial charge >= 0.3 is 0 Å². The van der Waals surface area contributed by atoms with Crippen LogP contribution in [0.3, 0.4) is 0 Å². The Balaban J connectivity index is 1.71. The van der Waals surface area contributed by atoms with Crippen LogP contribution in [0.4, 0.5) is 5.95 Å². The van der Waals surface area contributed by atoms with Gasteiger partial charge in [-0.25, -0.2) is 9.97 Å². The van der Waals surface area contributed by atoms with Crippen LogP contribution in [0.5, 0.6) is 0 Å². The SMILES string of the molecule is Cc1cc(-c2cnc(N3CCC[C@@H](C)C3)nc2C2CCNCC2)on1. The molecule has 0 amide bonds.